The van der Waals surface area contributed by atoms with E-state index in [9.17, 15) is 26.3 Å². The Morgan fingerprint density at radius 3 is 1.83 bits per heavy atom. The molecule has 0 bridgehead atoms. The average Bonchev–Trinajstić information content (AvgIpc) is 2.57. The van der Waals surface area contributed by atoms with E-state index in [1.54, 1.807) is 27.7 Å². The molecular formula is C14H15BF6O2. The molecule has 0 radical (unpaired) electrons. The fourth-order valence-corrected chi connectivity index (χ4v) is 2.06. The minimum absolute atomic E-state index is 0.107. The second kappa shape index (κ2) is 5.14. The maximum absolute atomic E-state index is 13.5. The molecule has 1 aliphatic heterocycles. The molecule has 0 aromatic heterocycles. The molecule has 23 heavy (non-hydrogen) atoms. The third-order valence-corrected chi connectivity index (χ3v) is 4.21. The summed E-state index contributed by atoms with van der Waals surface area (Å²) in [4.78, 5) is 0. The number of benzene rings is 1. The minimum Gasteiger partial charge on any atom is -0.399 e. The Kier molecular flexibility index (Phi) is 4.05. The van der Waals surface area contributed by atoms with Crippen LogP contribution in [0.1, 0.15) is 33.3 Å². The number of hydrogen-bond acceptors (Lipinski definition) is 2. The number of hydrogen-bond donors (Lipinski definition) is 0. The highest BCUT2D eigenvalue weighted by Crippen LogP contribution is 2.44. The van der Waals surface area contributed by atoms with E-state index >= 15 is 0 Å². The summed E-state index contributed by atoms with van der Waals surface area (Å²) in [5.41, 5.74) is -3.47. The molecule has 1 aliphatic rings. The summed E-state index contributed by atoms with van der Waals surface area (Å²) in [5, 5.41) is 0. The van der Waals surface area contributed by atoms with Crippen LogP contribution in [0.5, 0.6) is 0 Å². The lowest BCUT2D eigenvalue weighted by molar-refractivity contribution is -0.290. The summed E-state index contributed by atoms with van der Waals surface area (Å²) in [6.45, 7) is 6.78. The van der Waals surface area contributed by atoms with Crippen LogP contribution in [0, 0.1) is 5.82 Å². The Morgan fingerprint density at radius 2 is 1.39 bits per heavy atom. The van der Waals surface area contributed by atoms with Gasteiger partial charge in [0.2, 0.25) is 0 Å². The highest BCUT2D eigenvalue weighted by atomic mass is 19.4. The predicted molar refractivity (Wildman–Crippen MR) is 72.1 cm³/mol. The van der Waals surface area contributed by atoms with E-state index in [0.29, 0.717) is 12.1 Å². The van der Waals surface area contributed by atoms with Crippen LogP contribution in [0.25, 0.3) is 0 Å². The Morgan fingerprint density at radius 1 is 0.913 bits per heavy atom. The molecule has 1 heterocycles. The molecule has 0 aliphatic carbocycles. The molecule has 2 nitrogen and oxygen atoms in total. The van der Waals surface area contributed by atoms with Gasteiger partial charge in [0.15, 0.2) is 0 Å². The van der Waals surface area contributed by atoms with Crippen molar-refractivity contribution in [3.63, 3.8) is 0 Å². The first-order chi connectivity index (χ1) is 10.2. The maximum Gasteiger partial charge on any atom is 0.494 e. The first-order valence-corrected chi connectivity index (χ1v) is 6.79. The van der Waals surface area contributed by atoms with Crippen molar-refractivity contribution in [3.05, 3.63) is 29.6 Å². The second-order valence-electron chi connectivity index (χ2n) is 6.40. The van der Waals surface area contributed by atoms with Crippen molar-refractivity contribution in [3.8, 4) is 0 Å². The third kappa shape index (κ3) is 2.96. The monoisotopic (exact) mass is 340 g/mol. The smallest absolute Gasteiger partial charge is 0.399 e. The van der Waals surface area contributed by atoms with E-state index in [4.69, 9.17) is 9.31 Å². The van der Waals surface area contributed by atoms with Gasteiger partial charge in [-0.05, 0) is 45.3 Å². The molecule has 2 rings (SSSR count). The highest BCUT2D eigenvalue weighted by Gasteiger charge is 2.60. The van der Waals surface area contributed by atoms with Gasteiger partial charge >= 0.3 is 19.2 Å². The van der Waals surface area contributed by atoms with Crippen molar-refractivity contribution >= 4 is 12.6 Å². The van der Waals surface area contributed by atoms with Crippen LogP contribution < -0.4 is 5.46 Å². The SMILES string of the molecule is CC1(C)OB(c2ccc(F)c(C(F)(F)C(F)(F)F)c2)OC1(C)C. The van der Waals surface area contributed by atoms with Gasteiger partial charge in [-0.15, -0.1) is 0 Å². The summed E-state index contributed by atoms with van der Waals surface area (Å²) in [6, 6.07) is 2.05. The molecule has 9 heteroatoms. The minimum atomic E-state index is -5.90. The van der Waals surface area contributed by atoms with Gasteiger partial charge in [-0.3, -0.25) is 0 Å². The van der Waals surface area contributed by atoms with Gasteiger partial charge in [0.1, 0.15) is 5.82 Å². The Bertz CT molecular complexity index is 596. The fourth-order valence-electron chi connectivity index (χ4n) is 2.06. The van der Waals surface area contributed by atoms with Crippen LogP contribution in [-0.4, -0.2) is 24.5 Å². The molecule has 0 spiro atoms. The van der Waals surface area contributed by atoms with Gasteiger partial charge in [-0.1, -0.05) is 6.07 Å². The molecule has 0 amide bonds. The van der Waals surface area contributed by atoms with Crippen molar-refractivity contribution in [1.82, 2.24) is 0 Å². The van der Waals surface area contributed by atoms with E-state index in [0.717, 1.165) is 6.07 Å². The van der Waals surface area contributed by atoms with Crippen LogP contribution in [0.2, 0.25) is 0 Å². The standard InChI is InChI=1S/C14H15BF6O2/c1-11(2)12(3,4)23-15(22-11)8-5-6-10(16)9(7-8)13(17,18)14(19,20)21/h5-7H,1-4H3. The first-order valence-electron chi connectivity index (χ1n) is 6.79. The lowest BCUT2D eigenvalue weighted by atomic mass is 9.78. The normalized spacial score (nSPS) is 20.9. The largest absolute Gasteiger partial charge is 0.494 e. The van der Waals surface area contributed by atoms with Crippen molar-refractivity contribution in [2.24, 2.45) is 0 Å². The molecule has 1 aromatic rings. The van der Waals surface area contributed by atoms with Gasteiger partial charge in [-0.2, -0.15) is 22.0 Å². The molecule has 1 aromatic carbocycles. The van der Waals surface area contributed by atoms with Crippen molar-refractivity contribution in [1.29, 1.82) is 0 Å². The van der Waals surface area contributed by atoms with Crippen molar-refractivity contribution in [2.45, 2.75) is 51.0 Å². The van der Waals surface area contributed by atoms with Gasteiger partial charge in [0.25, 0.3) is 0 Å². The molecule has 0 saturated carbocycles. The zero-order valence-corrected chi connectivity index (χ0v) is 12.9. The zero-order chi connectivity index (χ0) is 17.8. The van der Waals surface area contributed by atoms with E-state index in [1.165, 1.54) is 0 Å². The van der Waals surface area contributed by atoms with Crippen molar-refractivity contribution < 1.29 is 35.7 Å². The molecule has 128 valence electrons. The van der Waals surface area contributed by atoms with Gasteiger partial charge in [-0.25, -0.2) is 4.39 Å². The van der Waals surface area contributed by atoms with Gasteiger partial charge in [0.05, 0.1) is 16.8 Å². The summed E-state index contributed by atoms with van der Waals surface area (Å²) < 4.78 is 89.0. The number of halogens is 6. The van der Waals surface area contributed by atoms with Crippen molar-refractivity contribution in [2.75, 3.05) is 0 Å². The van der Waals surface area contributed by atoms with E-state index in [1.807, 2.05) is 0 Å². The van der Waals surface area contributed by atoms with Gasteiger partial charge < -0.3 is 9.31 Å². The van der Waals surface area contributed by atoms with Crippen LogP contribution in [0.3, 0.4) is 0 Å². The lowest BCUT2D eigenvalue weighted by Gasteiger charge is -2.32. The van der Waals surface area contributed by atoms with E-state index < -0.39 is 41.8 Å². The summed E-state index contributed by atoms with van der Waals surface area (Å²) in [7, 11) is -1.16. The zero-order valence-electron chi connectivity index (χ0n) is 12.9. The fraction of sp³-hybridized carbons (Fsp3) is 0.571. The molecule has 1 fully saturated rings. The van der Waals surface area contributed by atoms with Crippen LogP contribution in [0.15, 0.2) is 18.2 Å². The van der Waals surface area contributed by atoms with Crippen LogP contribution in [0.4, 0.5) is 26.3 Å². The molecule has 0 unspecified atom stereocenters. The molecule has 0 atom stereocenters. The lowest BCUT2D eigenvalue weighted by Crippen LogP contribution is -2.41. The highest BCUT2D eigenvalue weighted by molar-refractivity contribution is 6.62. The van der Waals surface area contributed by atoms with Crippen LogP contribution in [-0.2, 0) is 15.2 Å². The Hall–Kier alpha value is -1.22. The second-order valence-corrected chi connectivity index (χ2v) is 6.40. The Balaban J connectivity index is 2.44. The number of alkyl halides is 5. The summed E-state index contributed by atoms with van der Waals surface area (Å²) in [5.74, 6) is -6.95. The third-order valence-electron chi connectivity index (χ3n) is 4.21. The predicted octanol–water partition coefficient (Wildman–Crippen LogP) is 3.78. The van der Waals surface area contributed by atoms with E-state index in [-0.39, 0.29) is 5.46 Å². The number of rotatable bonds is 2. The molecular weight excluding hydrogens is 325 g/mol. The summed E-state index contributed by atoms with van der Waals surface area (Å²) >= 11 is 0. The molecule has 1 saturated heterocycles. The van der Waals surface area contributed by atoms with Crippen LogP contribution >= 0.6 is 0 Å². The average molecular weight is 340 g/mol. The first kappa shape index (κ1) is 18.1. The summed E-state index contributed by atoms with van der Waals surface area (Å²) in [6.07, 6.45) is -5.90. The Labute approximate surface area is 129 Å². The maximum atomic E-state index is 13.5. The quantitative estimate of drug-likeness (QED) is 0.603. The van der Waals surface area contributed by atoms with Gasteiger partial charge in [0, 0.05) is 0 Å². The topological polar surface area (TPSA) is 18.5 Å². The molecule has 0 N–H and O–H groups in total. The van der Waals surface area contributed by atoms with E-state index in [2.05, 4.69) is 0 Å².